The molecule has 1 heterocycles. The molecule has 1 aromatic heterocycles. The average Bonchev–Trinajstić information content (AvgIpc) is 2.74. The molecule has 0 spiro atoms. The van der Waals surface area contributed by atoms with E-state index in [1.54, 1.807) is 24.3 Å². The Morgan fingerprint density at radius 3 is 2.74 bits per heavy atom. The number of halogens is 2. The molecule has 154 valence electrons. The molecule has 0 fully saturated rings. The molecule has 4 aromatic rings. The molecule has 0 aliphatic rings. The van der Waals surface area contributed by atoms with Crippen molar-refractivity contribution in [1.82, 2.24) is 9.97 Å². The van der Waals surface area contributed by atoms with Gasteiger partial charge < -0.3 is 10.1 Å². The molecule has 4 rings (SSSR count). The Balaban J connectivity index is 1.57. The number of rotatable bonds is 5. The molecule has 1 N–H and O–H groups in total. The molecule has 0 atom stereocenters. The van der Waals surface area contributed by atoms with Gasteiger partial charge in [0.1, 0.15) is 22.9 Å². The number of nitrogens with one attached hydrogen (secondary N) is 1. The lowest BCUT2D eigenvalue weighted by atomic mass is 10.2. The van der Waals surface area contributed by atoms with E-state index in [9.17, 15) is 14.9 Å². The summed E-state index contributed by atoms with van der Waals surface area (Å²) in [5, 5.41) is 15.0. The number of carbonyl (C=O) groups excluding carboxylic acids is 1. The van der Waals surface area contributed by atoms with Crippen molar-refractivity contribution in [1.29, 1.82) is 0 Å². The van der Waals surface area contributed by atoms with Crippen molar-refractivity contribution in [3.05, 3.63) is 92.2 Å². The molecule has 0 saturated carbocycles. The molecule has 0 unspecified atom stereocenters. The number of esters is 1. The summed E-state index contributed by atoms with van der Waals surface area (Å²) < 4.78 is 6.26. The number of nitro benzene ring substituents is 1. The van der Waals surface area contributed by atoms with Crippen LogP contribution in [0.1, 0.15) is 10.4 Å². The Morgan fingerprint density at radius 1 is 1.10 bits per heavy atom. The number of hydrogen-bond donors (Lipinski definition) is 1. The predicted molar refractivity (Wildman–Crippen MR) is 120 cm³/mol. The van der Waals surface area contributed by atoms with Crippen LogP contribution >= 0.6 is 27.5 Å². The fraction of sp³-hybridized carbons (Fsp3) is 0. The number of ether oxygens (including phenoxy) is 1. The topological polar surface area (TPSA) is 107 Å². The van der Waals surface area contributed by atoms with Gasteiger partial charge in [0.25, 0.3) is 5.69 Å². The zero-order chi connectivity index (χ0) is 22.0. The summed E-state index contributed by atoms with van der Waals surface area (Å²) in [6.07, 6.45) is 1.45. The van der Waals surface area contributed by atoms with Crippen molar-refractivity contribution in [3.8, 4) is 5.75 Å². The van der Waals surface area contributed by atoms with Crippen LogP contribution in [0.25, 0.3) is 10.9 Å². The van der Waals surface area contributed by atoms with Crippen LogP contribution in [0.4, 0.5) is 17.2 Å². The second kappa shape index (κ2) is 8.66. The standard InChI is InChI=1S/C21H12BrClN4O4/c22-13-5-7-18-16(9-13)20(25-11-24-18)26-14-2-1-3-15(10-14)31-21(28)12-4-6-17(23)19(8-12)27(29)30/h1-11H,(H,24,25,26). The number of fused-ring (bicyclic) bond motifs is 1. The van der Waals surface area contributed by atoms with Gasteiger partial charge in [0.2, 0.25) is 0 Å². The lowest BCUT2D eigenvalue weighted by Crippen LogP contribution is -2.09. The minimum absolute atomic E-state index is 0.0149. The summed E-state index contributed by atoms with van der Waals surface area (Å²) in [6.45, 7) is 0. The van der Waals surface area contributed by atoms with Crippen molar-refractivity contribution >= 4 is 61.6 Å². The van der Waals surface area contributed by atoms with Gasteiger partial charge in [-0.25, -0.2) is 14.8 Å². The number of carbonyl (C=O) groups is 1. The van der Waals surface area contributed by atoms with Gasteiger partial charge in [-0.05, 0) is 42.5 Å². The predicted octanol–water partition coefficient (Wildman–Crippen LogP) is 5.92. The highest BCUT2D eigenvalue weighted by Gasteiger charge is 2.18. The van der Waals surface area contributed by atoms with E-state index < -0.39 is 10.9 Å². The summed E-state index contributed by atoms with van der Waals surface area (Å²) in [4.78, 5) is 31.4. The van der Waals surface area contributed by atoms with Gasteiger partial charge in [0, 0.05) is 27.7 Å². The molecule has 0 bridgehead atoms. The van der Waals surface area contributed by atoms with Gasteiger partial charge in [0.15, 0.2) is 0 Å². The van der Waals surface area contributed by atoms with E-state index in [0.717, 1.165) is 21.4 Å². The minimum Gasteiger partial charge on any atom is -0.423 e. The molecule has 31 heavy (non-hydrogen) atoms. The van der Waals surface area contributed by atoms with Crippen LogP contribution in [0.5, 0.6) is 5.75 Å². The molecule has 0 amide bonds. The van der Waals surface area contributed by atoms with Gasteiger partial charge in [-0.15, -0.1) is 0 Å². The lowest BCUT2D eigenvalue weighted by Gasteiger charge is -2.10. The fourth-order valence-electron chi connectivity index (χ4n) is 2.85. The Morgan fingerprint density at radius 2 is 1.94 bits per heavy atom. The molecule has 0 aliphatic heterocycles. The first-order chi connectivity index (χ1) is 14.9. The number of nitrogens with zero attached hydrogens (tertiary/aromatic N) is 3. The van der Waals surface area contributed by atoms with Crippen molar-refractivity contribution in [2.24, 2.45) is 0 Å². The van der Waals surface area contributed by atoms with E-state index >= 15 is 0 Å². The van der Waals surface area contributed by atoms with Gasteiger partial charge >= 0.3 is 5.97 Å². The Labute approximate surface area is 189 Å². The van der Waals surface area contributed by atoms with E-state index in [1.165, 1.54) is 18.5 Å². The van der Waals surface area contributed by atoms with E-state index in [4.69, 9.17) is 16.3 Å². The molecule has 3 aromatic carbocycles. The van der Waals surface area contributed by atoms with Gasteiger partial charge in [-0.3, -0.25) is 10.1 Å². The molecular weight excluding hydrogens is 488 g/mol. The maximum Gasteiger partial charge on any atom is 0.343 e. The number of anilines is 2. The maximum atomic E-state index is 12.4. The normalized spacial score (nSPS) is 10.6. The maximum absolute atomic E-state index is 12.4. The summed E-state index contributed by atoms with van der Waals surface area (Å²) >= 11 is 9.23. The first kappa shape index (κ1) is 20.7. The largest absolute Gasteiger partial charge is 0.423 e. The lowest BCUT2D eigenvalue weighted by molar-refractivity contribution is -0.384. The average molecular weight is 500 g/mol. The van der Waals surface area contributed by atoms with Crippen LogP contribution in [0.2, 0.25) is 5.02 Å². The third-order valence-corrected chi connectivity index (χ3v) is 5.10. The van der Waals surface area contributed by atoms with Gasteiger partial charge in [-0.2, -0.15) is 0 Å². The number of aromatic nitrogens is 2. The first-order valence-electron chi connectivity index (χ1n) is 8.84. The van der Waals surface area contributed by atoms with Crippen LogP contribution in [0, 0.1) is 10.1 Å². The second-order valence-corrected chi connectivity index (χ2v) is 7.67. The minimum atomic E-state index is -0.742. The van der Waals surface area contributed by atoms with Crippen LogP contribution in [-0.4, -0.2) is 20.9 Å². The highest BCUT2D eigenvalue weighted by atomic mass is 79.9. The smallest absolute Gasteiger partial charge is 0.343 e. The quantitative estimate of drug-likeness (QED) is 0.157. The second-order valence-electron chi connectivity index (χ2n) is 6.35. The zero-order valence-electron chi connectivity index (χ0n) is 15.6. The fourth-order valence-corrected chi connectivity index (χ4v) is 3.40. The van der Waals surface area contributed by atoms with Gasteiger partial charge in [-0.1, -0.05) is 33.6 Å². The summed E-state index contributed by atoms with van der Waals surface area (Å²) in [6, 6.07) is 16.1. The van der Waals surface area contributed by atoms with Crippen LogP contribution in [0.3, 0.4) is 0 Å². The van der Waals surface area contributed by atoms with Crippen molar-refractivity contribution in [2.45, 2.75) is 0 Å². The Kier molecular flexibility index (Phi) is 5.79. The summed E-state index contributed by atoms with van der Waals surface area (Å²) in [7, 11) is 0. The summed E-state index contributed by atoms with van der Waals surface area (Å²) in [5.41, 5.74) is 1.05. The molecular formula is C21H12BrClN4O4. The van der Waals surface area contributed by atoms with E-state index in [0.29, 0.717) is 11.5 Å². The van der Waals surface area contributed by atoms with Gasteiger partial charge in [0.05, 0.1) is 16.0 Å². The van der Waals surface area contributed by atoms with Crippen LogP contribution in [-0.2, 0) is 0 Å². The zero-order valence-corrected chi connectivity index (χ0v) is 17.9. The van der Waals surface area contributed by atoms with Crippen molar-refractivity contribution in [2.75, 3.05) is 5.32 Å². The third kappa shape index (κ3) is 4.62. The Bertz CT molecular complexity index is 1330. The third-order valence-electron chi connectivity index (χ3n) is 4.28. The number of nitro groups is 1. The Hall–Kier alpha value is -3.56. The van der Waals surface area contributed by atoms with E-state index in [2.05, 4.69) is 31.2 Å². The van der Waals surface area contributed by atoms with Crippen LogP contribution < -0.4 is 10.1 Å². The molecule has 10 heteroatoms. The first-order valence-corrected chi connectivity index (χ1v) is 10.0. The van der Waals surface area contributed by atoms with E-state index in [1.807, 2.05) is 18.2 Å². The number of benzene rings is 3. The molecule has 0 saturated heterocycles. The van der Waals surface area contributed by atoms with Crippen molar-refractivity contribution < 1.29 is 14.5 Å². The molecule has 8 nitrogen and oxygen atoms in total. The number of hydrogen-bond acceptors (Lipinski definition) is 7. The highest BCUT2D eigenvalue weighted by molar-refractivity contribution is 9.10. The van der Waals surface area contributed by atoms with Crippen LogP contribution in [0.15, 0.2) is 71.5 Å². The summed E-state index contributed by atoms with van der Waals surface area (Å²) in [5.74, 6) is 0.101. The van der Waals surface area contributed by atoms with Crippen molar-refractivity contribution in [3.63, 3.8) is 0 Å². The monoisotopic (exact) mass is 498 g/mol. The molecule has 0 radical (unpaired) electrons. The SMILES string of the molecule is O=C(Oc1cccc(Nc2ncnc3ccc(Br)cc23)c1)c1ccc(Cl)c([N+](=O)[O-])c1. The molecule has 0 aliphatic carbocycles. The van der Waals surface area contributed by atoms with E-state index in [-0.39, 0.29) is 22.0 Å². The highest BCUT2D eigenvalue weighted by Crippen LogP contribution is 2.29.